The van der Waals surface area contributed by atoms with E-state index < -0.39 is 0 Å². The fourth-order valence-electron chi connectivity index (χ4n) is 2.19. The van der Waals surface area contributed by atoms with Gasteiger partial charge >= 0.3 is 0 Å². The van der Waals surface area contributed by atoms with E-state index >= 15 is 0 Å². The number of nitrogens with one attached hydrogen (secondary N) is 2. The molecule has 0 bridgehead atoms. The van der Waals surface area contributed by atoms with Crippen molar-refractivity contribution in [1.29, 1.82) is 0 Å². The van der Waals surface area contributed by atoms with E-state index in [9.17, 15) is 4.79 Å². The number of nitrogens with zero attached hydrogens (tertiary/aromatic N) is 1. The SMILES string of the molecule is Cc1ncc(C(=O)NCc2ccc3c(c2)CNC3)s1.Cl. The maximum absolute atomic E-state index is 11.9. The summed E-state index contributed by atoms with van der Waals surface area (Å²) in [6, 6.07) is 6.37. The second kappa shape index (κ2) is 6.35. The lowest BCUT2D eigenvalue weighted by Crippen LogP contribution is -2.21. The first-order valence-electron chi connectivity index (χ1n) is 6.24. The molecule has 6 heteroatoms. The molecule has 0 saturated carbocycles. The van der Waals surface area contributed by atoms with Crippen molar-refractivity contribution >= 4 is 29.7 Å². The third-order valence-electron chi connectivity index (χ3n) is 3.20. The average molecular weight is 310 g/mol. The number of carbonyl (C=O) groups excluding carboxylic acids is 1. The largest absolute Gasteiger partial charge is 0.347 e. The smallest absolute Gasteiger partial charge is 0.263 e. The number of amides is 1. The molecule has 1 aromatic carbocycles. The summed E-state index contributed by atoms with van der Waals surface area (Å²) in [6.45, 7) is 4.32. The first kappa shape index (κ1) is 15.0. The lowest BCUT2D eigenvalue weighted by Gasteiger charge is -2.05. The summed E-state index contributed by atoms with van der Waals surface area (Å²) in [7, 11) is 0. The standard InChI is InChI=1S/C14H15N3OS.ClH/c1-9-16-8-13(19-9)14(18)17-5-10-2-3-11-6-15-7-12(11)4-10;/h2-4,8,15H,5-7H2,1H3,(H,17,18);1H. The molecule has 0 saturated heterocycles. The van der Waals surface area contributed by atoms with Gasteiger partial charge in [0.25, 0.3) is 5.91 Å². The molecule has 4 nitrogen and oxygen atoms in total. The van der Waals surface area contributed by atoms with Crippen molar-refractivity contribution in [2.24, 2.45) is 0 Å². The molecule has 1 aliphatic heterocycles. The third-order valence-corrected chi connectivity index (χ3v) is 4.11. The van der Waals surface area contributed by atoms with Gasteiger partial charge in [-0.3, -0.25) is 4.79 Å². The predicted molar refractivity (Wildman–Crippen MR) is 82.3 cm³/mol. The summed E-state index contributed by atoms with van der Waals surface area (Å²) in [5, 5.41) is 7.16. The lowest BCUT2D eigenvalue weighted by molar-refractivity contribution is 0.0955. The molecule has 0 atom stereocenters. The van der Waals surface area contributed by atoms with Gasteiger partial charge in [0.15, 0.2) is 0 Å². The Kier molecular flexibility index (Phi) is 4.75. The molecule has 0 fully saturated rings. The molecule has 3 rings (SSSR count). The summed E-state index contributed by atoms with van der Waals surface area (Å²) in [5.41, 5.74) is 3.82. The normalized spacial score (nSPS) is 12.7. The second-order valence-corrected chi connectivity index (χ2v) is 5.87. The van der Waals surface area contributed by atoms with Crippen LogP contribution in [-0.2, 0) is 19.6 Å². The van der Waals surface area contributed by atoms with Gasteiger partial charge in [-0.15, -0.1) is 23.7 Å². The van der Waals surface area contributed by atoms with E-state index in [1.54, 1.807) is 6.20 Å². The Morgan fingerprint density at radius 1 is 1.40 bits per heavy atom. The molecule has 2 heterocycles. The molecular formula is C14H16ClN3OS. The Balaban J connectivity index is 0.00000147. The summed E-state index contributed by atoms with van der Waals surface area (Å²) < 4.78 is 0. The first-order valence-corrected chi connectivity index (χ1v) is 7.06. The van der Waals surface area contributed by atoms with Crippen molar-refractivity contribution < 1.29 is 4.79 Å². The average Bonchev–Trinajstić information content (AvgIpc) is 3.03. The van der Waals surface area contributed by atoms with Gasteiger partial charge in [0.05, 0.1) is 11.2 Å². The van der Waals surface area contributed by atoms with E-state index in [1.165, 1.54) is 22.5 Å². The summed E-state index contributed by atoms with van der Waals surface area (Å²) in [6.07, 6.45) is 1.63. The quantitative estimate of drug-likeness (QED) is 0.915. The van der Waals surface area contributed by atoms with Gasteiger partial charge in [-0.2, -0.15) is 0 Å². The van der Waals surface area contributed by atoms with Gasteiger partial charge < -0.3 is 10.6 Å². The third kappa shape index (κ3) is 3.17. The van der Waals surface area contributed by atoms with Crippen molar-refractivity contribution in [3.05, 3.63) is 51.0 Å². The van der Waals surface area contributed by atoms with Crippen LogP contribution in [0.1, 0.15) is 31.4 Å². The zero-order valence-corrected chi connectivity index (χ0v) is 12.7. The maximum Gasteiger partial charge on any atom is 0.263 e. The fraction of sp³-hybridized carbons (Fsp3) is 0.286. The minimum absolute atomic E-state index is 0. The highest BCUT2D eigenvalue weighted by atomic mass is 35.5. The number of benzene rings is 1. The Hall–Kier alpha value is -1.43. The number of aryl methyl sites for hydroxylation is 1. The van der Waals surface area contributed by atoms with Crippen molar-refractivity contribution in [3.8, 4) is 0 Å². The van der Waals surface area contributed by atoms with E-state index in [1.807, 2.05) is 6.92 Å². The van der Waals surface area contributed by atoms with Crippen molar-refractivity contribution in [1.82, 2.24) is 15.6 Å². The number of halogens is 1. The van der Waals surface area contributed by atoms with Gasteiger partial charge in [-0.25, -0.2) is 4.98 Å². The predicted octanol–water partition coefficient (Wildman–Crippen LogP) is 2.41. The van der Waals surface area contributed by atoms with Crippen LogP contribution < -0.4 is 10.6 Å². The minimum atomic E-state index is -0.0516. The highest BCUT2D eigenvalue weighted by molar-refractivity contribution is 7.13. The van der Waals surface area contributed by atoms with Crippen molar-refractivity contribution in [2.45, 2.75) is 26.6 Å². The minimum Gasteiger partial charge on any atom is -0.347 e. The van der Waals surface area contributed by atoms with Gasteiger partial charge in [0, 0.05) is 19.6 Å². The molecule has 0 spiro atoms. The Morgan fingerprint density at radius 2 is 2.20 bits per heavy atom. The lowest BCUT2D eigenvalue weighted by atomic mass is 10.1. The van der Waals surface area contributed by atoms with Crippen LogP contribution in [-0.4, -0.2) is 10.9 Å². The van der Waals surface area contributed by atoms with Crippen molar-refractivity contribution in [3.63, 3.8) is 0 Å². The topological polar surface area (TPSA) is 54.0 Å². The second-order valence-electron chi connectivity index (χ2n) is 4.63. The summed E-state index contributed by atoms with van der Waals surface area (Å²) >= 11 is 1.42. The number of thiazole rings is 1. The molecule has 0 aliphatic carbocycles. The molecule has 2 N–H and O–H groups in total. The Bertz CT molecular complexity index is 627. The monoisotopic (exact) mass is 309 g/mol. The van der Waals surface area contributed by atoms with E-state index in [-0.39, 0.29) is 18.3 Å². The number of hydrogen-bond donors (Lipinski definition) is 2. The van der Waals surface area contributed by atoms with Crippen molar-refractivity contribution in [2.75, 3.05) is 0 Å². The fourth-order valence-corrected chi connectivity index (χ4v) is 2.89. The molecule has 2 aromatic rings. The van der Waals surface area contributed by atoms with Crippen LogP contribution >= 0.6 is 23.7 Å². The molecule has 1 amide bonds. The number of aromatic nitrogens is 1. The maximum atomic E-state index is 11.9. The zero-order valence-electron chi connectivity index (χ0n) is 11.1. The first-order chi connectivity index (χ1) is 9.22. The zero-order chi connectivity index (χ0) is 13.2. The molecule has 20 heavy (non-hydrogen) atoms. The van der Waals surface area contributed by atoms with Gasteiger partial charge in [-0.1, -0.05) is 18.2 Å². The molecule has 106 valence electrons. The van der Waals surface area contributed by atoms with Gasteiger partial charge in [0.1, 0.15) is 4.88 Å². The van der Waals surface area contributed by atoms with E-state index in [2.05, 4.69) is 33.8 Å². The van der Waals surface area contributed by atoms with Crippen LogP contribution in [0, 0.1) is 6.92 Å². The van der Waals surface area contributed by atoms with Crippen LogP contribution in [0.25, 0.3) is 0 Å². The van der Waals surface area contributed by atoms with Crippen LogP contribution in [0.4, 0.5) is 0 Å². The number of hydrogen-bond acceptors (Lipinski definition) is 4. The Morgan fingerprint density at radius 3 is 2.95 bits per heavy atom. The van der Waals surface area contributed by atoms with E-state index in [0.717, 1.165) is 23.7 Å². The highest BCUT2D eigenvalue weighted by Crippen LogP contribution is 2.17. The van der Waals surface area contributed by atoms with Gasteiger partial charge in [-0.05, 0) is 23.6 Å². The van der Waals surface area contributed by atoms with Crippen LogP contribution in [0.2, 0.25) is 0 Å². The molecule has 0 unspecified atom stereocenters. The molecule has 1 aliphatic rings. The number of fused-ring (bicyclic) bond motifs is 1. The van der Waals surface area contributed by atoms with E-state index in [4.69, 9.17) is 0 Å². The number of carbonyl (C=O) groups is 1. The molecule has 1 aromatic heterocycles. The highest BCUT2D eigenvalue weighted by Gasteiger charge is 2.11. The van der Waals surface area contributed by atoms with E-state index in [0.29, 0.717) is 11.4 Å². The Labute approximate surface area is 128 Å². The summed E-state index contributed by atoms with van der Waals surface area (Å²) in [4.78, 5) is 16.7. The summed E-state index contributed by atoms with van der Waals surface area (Å²) in [5.74, 6) is -0.0516. The molecule has 0 radical (unpaired) electrons. The molecular weight excluding hydrogens is 294 g/mol. The van der Waals surface area contributed by atoms with Crippen LogP contribution in [0.5, 0.6) is 0 Å². The van der Waals surface area contributed by atoms with Gasteiger partial charge in [0.2, 0.25) is 0 Å². The number of rotatable bonds is 3. The van der Waals surface area contributed by atoms with Crippen LogP contribution in [0.3, 0.4) is 0 Å². The van der Waals surface area contributed by atoms with Crippen LogP contribution in [0.15, 0.2) is 24.4 Å².